The molecular formula is C19H19N. The van der Waals surface area contributed by atoms with Gasteiger partial charge in [-0.1, -0.05) is 54.6 Å². The lowest BCUT2D eigenvalue weighted by molar-refractivity contribution is 1.11. The molecule has 1 heteroatoms. The van der Waals surface area contributed by atoms with Gasteiger partial charge in [0.2, 0.25) is 0 Å². The Labute approximate surface area is 120 Å². The maximum absolute atomic E-state index is 3.57. The summed E-state index contributed by atoms with van der Waals surface area (Å²) in [5, 5.41) is 6.13. The van der Waals surface area contributed by atoms with E-state index in [9.17, 15) is 0 Å². The summed E-state index contributed by atoms with van der Waals surface area (Å²) < 4.78 is 0. The van der Waals surface area contributed by atoms with E-state index in [1.165, 1.54) is 33.2 Å². The molecular weight excluding hydrogens is 242 g/mol. The van der Waals surface area contributed by atoms with Gasteiger partial charge in [0, 0.05) is 17.6 Å². The van der Waals surface area contributed by atoms with Crippen molar-refractivity contribution in [3.8, 4) is 0 Å². The highest BCUT2D eigenvalue weighted by Crippen LogP contribution is 2.24. The number of rotatable bonds is 3. The van der Waals surface area contributed by atoms with E-state index in [1.54, 1.807) is 0 Å². The maximum atomic E-state index is 3.57. The van der Waals surface area contributed by atoms with E-state index in [-0.39, 0.29) is 0 Å². The molecule has 0 aliphatic carbocycles. The second kappa shape index (κ2) is 5.38. The molecule has 0 aromatic heterocycles. The lowest BCUT2D eigenvalue weighted by Gasteiger charge is -2.12. The molecule has 0 saturated heterocycles. The molecule has 3 rings (SSSR count). The quantitative estimate of drug-likeness (QED) is 0.694. The van der Waals surface area contributed by atoms with Gasteiger partial charge in [0.1, 0.15) is 0 Å². The minimum Gasteiger partial charge on any atom is -0.380 e. The Kier molecular flexibility index (Phi) is 3.42. The Hall–Kier alpha value is -2.28. The van der Waals surface area contributed by atoms with Gasteiger partial charge in [-0.3, -0.25) is 0 Å². The average molecular weight is 261 g/mol. The third-order valence-corrected chi connectivity index (χ3v) is 3.98. The van der Waals surface area contributed by atoms with Crippen LogP contribution in [-0.4, -0.2) is 0 Å². The number of aryl methyl sites for hydroxylation is 1. The molecule has 1 N–H and O–H groups in total. The second-order valence-corrected chi connectivity index (χ2v) is 5.24. The van der Waals surface area contributed by atoms with E-state index < -0.39 is 0 Å². The minimum absolute atomic E-state index is 0.863. The smallest absolute Gasteiger partial charge is 0.0422 e. The van der Waals surface area contributed by atoms with Crippen LogP contribution in [0.2, 0.25) is 0 Å². The summed E-state index contributed by atoms with van der Waals surface area (Å²) in [7, 11) is 0. The van der Waals surface area contributed by atoms with Crippen molar-refractivity contribution in [2.75, 3.05) is 5.32 Å². The number of hydrogen-bond donors (Lipinski definition) is 1. The van der Waals surface area contributed by atoms with Crippen molar-refractivity contribution >= 4 is 16.5 Å². The minimum atomic E-state index is 0.863. The van der Waals surface area contributed by atoms with Gasteiger partial charge < -0.3 is 5.32 Å². The summed E-state index contributed by atoms with van der Waals surface area (Å²) in [6.07, 6.45) is 0. The molecule has 0 atom stereocenters. The van der Waals surface area contributed by atoms with Crippen LogP contribution < -0.4 is 5.32 Å². The van der Waals surface area contributed by atoms with E-state index in [1.807, 2.05) is 0 Å². The van der Waals surface area contributed by atoms with E-state index in [4.69, 9.17) is 0 Å². The topological polar surface area (TPSA) is 12.0 Å². The van der Waals surface area contributed by atoms with E-state index >= 15 is 0 Å². The molecule has 0 aliphatic rings. The lowest BCUT2D eigenvalue weighted by Crippen LogP contribution is -2.02. The van der Waals surface area contributed by atoms with Crippen LogP contribution in [0.25, 0.3) is 10.8 Å². The number of anilines is 1. The molecule has 1 nitrogen and oxygen atoms in total. The first kappa shape index (κ1) is 12.7. The van der Waals surface area contributed by atoms with Gasteiger partial charge >= 0.3 is 0 Å². The number of nitrogens with one attached hydrogen (secondary N) is 1. The summed E-state index contributed by atoms with van der Waals surface area (Å²) in [5.41, 5.74) is 5.28. The molecule has 100 valence electrons. The van der Waals surface area contributed by atoms with E-state index in [0.717, 1.165) is 6.54 Å². The predicted octanol–water partition coefficient (Wildman–Crippen LogP) is 5.07. The first-order valence-electron chi connectivity index (χ1n) is 7.02. The monoisotopic (exact) mass is 261 g/mol. The summed E-state index contributed by atoms with van der Waals surface area (Å²) >= 11 is 0. The SMILES string of the molecule is Cc1cccc(CNc2cccc3ccccc23)c1C. The van der Waals surface area contributed by atoms with Crippen LogP contribution in [0.3, 0.4) is 0 Å². The van der Waals surface area contributed by atoms with Crippen molar-refractivity contribution in [1.82, 2.24) is 0 Å². The van der Waals surface area contributed by atoms with Gasteiger partial charge in [0.15, 0.2) is 0 Å². The average Bonchev–Trinajstić information content (AvgIpc) is 2.49. The largest absolute Gasteiger partial charge is 0.380 e. The van der Waals surface area contributed by atoms with Crippen molar-refractivity contribution in [1.29, 1.82) is 0 Å². The molecule has 3 aromatic rings. The van der Waals surface area contributed by atoms with Gasteiger partial charge in [0.25, 0.3) is 0 Å². The van der Waals surface area contributed by atoms with Crippen molar-refractivity contribution in [2.24, 2.45) is 0 Å². The third-order valence-electron chi connectivity index (χ3n) is 3.98. The van der Waals surface area contributed by atoms with Gasteiger partial charge in [-0.05, 0) is 42.0 Å². The van der Waals surface area contributed by atoms with E-state index in [2.05, 4.69) is 79.8 Å². The van der Waals surface area contributed by atoms with Crippen LogP contribution in [0.5, 0.6) is 0 Å². The Balaban J connectivity index is 1.89. The molecule has 0 heterocycles. The Morgan fingerprint density at radius 2 is 1.55 bits per heavy atom. The van der Waals surface area contributed by atoms with Crippen LogP contribution in [0, 0.1) is 13.8 Å². The fourth-order valence-corrected chi connectivity index (χ4v) is 2.57. The molecule has 0 radical (unpaired) electrons. The fraction of sp³-hybridized carbons (Fsp3) is 0.158. The highest BCUT2D eigenvalue weighted by molar-refractivity contribution is 5.93. The van der Waals surface area contributed by atoms with Gasteiger partial charge in [-0.15, -0.1) is 0 Å². The van der Waals surface area contributed by atoms with Crippen LogP contribution in [-0.2, 0) is 6.54 Å². The molecule has 0 saturated carbocycles. The highest BCUT2D eigenvalue weighted by atomic mass is 14.9. The second-order valence-electron chi connectivity index (χ2n) is 5.24. The molecule has 0 aliphatic heterocycles. The molecule has 0 spiro atoms. The zero-order valence-electron chi connectivity index (χ0n) is 12.0. The normalized spacial score (nSPS) is 10.7. The van der Waals surface area contributed by atoms with Crippen molar-refractivity contribution in [2.45, 2.75) is 20.4 Å². The molecule has 0 unspecified atom stereocenters. The first-order valence-corrected chi connectivity index (χ1v) is 7.02. The molecule has 20 heavy (non-hydrogen) atoms. The van der Waals surface area contributed by atoms with Crippen LogP contribution in [0.1, 0.15) is 16.7 Å². The zero-order valence-corrected chi connectivity index (χ0v) is 12.0. The van der Waals surface area contributed by atoms with E-state index in [0.29, 0.717) is 0 Å². The maximum Gasteiger partial charge on any atom is 0.0422 e. The standard InChI is InChI=1S/C19H19N/c1-14-7-5-10-17(15(14)2)13-20-19-12-6-9-16-8-3-4-11-18(16)19/h3-12,20H,13H2,1-2H3. The number of benzene rings is 3. The van der Waals surface area contributed by atoms with Gasteiger partial charge in [0.05, 0.1) is 0 Å². The number of hydrogen-bond acceptors (Lipinski definition) is 1. The molecule has 0 fully saturated rings. The summed E-state index contributed by atoms with van der Waals surface area (Å²) in [6.45, 7) is 5.22. The van der Waals surface area contributed by atoms with Gasteiger partial charge in [-0.2, -0.15) is 0 Å². The predicted molar refractivity (Wildman–Crippen MR) is 87.2 cm³/mol. The Morgan fingerprint density at radius 1 is 0.800 bits per heavy atom. The summed E-state index contributed by atoms with van der Waals surface area (Å²) in [6, 6.07) is 21.4. The fourth-order valence-electron chi connectivity index (χ4n) is 2.57. The van der Waals surface area contributed by atoms with Crippen LogP contribution in [0.15, 0.2) is 60.7 Å². The third kappa shape index (κ3) is 2.39. The summed E-state index contributed by atoms with van der Waals surface area (Å²) in [5.74, 6) is 0. The molecule has 3 aromatic carbocycles. The van der Waals surface area contributed by atoms with Crippen molar-refractivity contribution in [3.63, 3.8) is 0 Å². The van der Waals surface area contributed by atoms with Crippen LogP contribution >= 0.6 is 0 Å². The molecule has 0 bridgehead atoms. The van der Waals surface area contributed by atoms with Gasteiger partial charge in [-0.25, -0.2) is 0 Å². The van der Waals surface area contributed by atoms with Crippen molar-refractivity contribution in [3.05, 3.63) is 77.4 Å². The first-order chi connectivity index (χ1) is 9.75. The Bertz CT molecular complexity index is 738. The zero-order chi connectivity index (χ0) is 13.9. The van der Waals surface area contributed by atoms with Crippen LogP contribution in [0.4, 0.5) is 5.69 Å². The lowest BCUT2D eigenvalue weighted by atomic mass is 10.0. The van der Waals surface area contributed by atoms with Crippen molar-refractivity contribution < 1.29 is 0 Å². The summed E-state index contributed by atoms with van der Waals surface area (Å²) in [4.78, 5) is 0. The Morgan fingerprint density at radius 3 is 2.45 bits per heavy atom. The number of fused-ring (bicyclic) bond motifs is 1. The molecule has 0 amide bonds. The highest BCUT2D eigenvalue weighted by Gasteiger charge is 2.03.